The van der Waals surface area contributed by atoms with E-state index < -0.39 is 10.7 Å². The van der Waals surface area contributed by atoms with E-state index in [-0.39, 0.29) is 17.5 Å². The quantitative estimate of drug-likeness (QED) is 0.648. The molecular weight excluding hydrogens is 337 g/mol. The van der Waals surface area contributed by atoms with Crippen molar-refractivity contribution in [2.75, 3.05) is 0 Å². The van der Waals surface area contributed by atoms with Crippen molar-refractivity contribution < 1.29 is 13.2 Å². The molecule has 0 unspecified atom stereocenters. The monoisotopic (exact) mass is 344 g/mol. The molecule has 114 valence electrons. The summed E-state index contributed by atoms with van der Waals surface area (Å²) >= 11 is 5.59. The molecule has 4 nitrogen and oxygen atoms in total. The average molecular weight is 345 g/mol. The molecule has 0 aliphatic heterocycles. The lowest BCUT2D eigenvalue weighted by atomic mass is 10.1. The van der Waals surface area contributed by atoms with Gasteiger partial charge >= 0.3 is 5.51 Å². The van der Waals surface area contributed by atoms with Gasteiger partial charge in [0.1, 0.15) is 0 Å². The number of rotatable bonds is 2. The fourth-order valence-electron chi connectivity index (χ4n) is 1.97. The van der Waals surface area contributed by atoms with Crippen LogP contribution in [-0.2, 0) is 0 Å². The van der Waals surface area contributed by atoms with Crippen molar-refractivity contribution in [2.24, 2.45) is 0 Å². The average Bonchev–Trinajstić information content (AvgIpc) is 2.77. The predicted octanol–water partition coefficient (Wildman–Crippen LogP) is 4.37. The van der Waals surface area contributed by atoms with Gasteiger partial charge in [-0.25, -0.2) is 4.98 Å². The minimum absolute atomic E-state index is 0.113. The van der Waals surface area contributed by atoms with Gasteiger partial charge in [-0.2, -0.15) is 22.7 Å². The molecule has 0 aliphatic carbocycles. The SMILES string of the molecule is Cc1cc(-c2cccc(Cl)c2)n2nc(SC(F)(F)F)nc2n1. The molecule has 0 atom stereocenters. The van der Waals surface area contributed by atoms with Crippen LogP contribution in [0, 0.1) is 6.92 Å². The molecule has 0 saturated carbocycles. The zero-order valence-electron chi connectivity index (χ0n) is 11.1. The van der Waals surface area contributed by atoms with Crippen LogP contribution in [0.1, 0.15) is 5.69 Å². The molecule has 3 aromatic rings. The number of halogens is 4. The molecule has 9 heteroatoms. The first-order valence-corrected chi connectivity index (χ1v) is 7.27. The third kappa shape index (κ3) is 3.17. The number of aryl methyl sites for hydroxylation is 1. The highest BCUT2D eigenvalue weighted by Crippen LogP contribution is 2.35. The van der Waals surface area contributed by atoms with Crippen molar-refractivity contribution in [3.05, 3.63) is 41.0 Å². The maximum absolute atomic E-state index is 12.5. The van der Waals surface area contributed by atoms with Gasteiger partial charge in [0.15, 0.2) is 0 Å². The van der Waals surface area contributed by atoms with Crippen molar-refractivity contribution in [2.45, 2.75) is 17.6 Å². The lowest BCUT2D eigenvalue weighted by Crippen LogP contribution is -2.00. The van der Waals surface area contributed by atoms with Gasteiger partial charge < -0.3 is 0 Å². The molecule has 0 bridgehead atoms. The van der Waals surface area contributed by atoms with Crippen LogP contribution in [-0.4, -0.2) is 25.1 Å². The van der Waals surface area contributed by atoms with Gasteiger partial charge in [0.2, 0.25) is 5.16 Å². The molecular formula is C13H8ClF3N4S. The number of hydrogen-bond acceptors (Lipinski definition) is 4. The topological polar surface area (TPSA) is 43.1 Å². The van der Waals surface area contributed by atoms with Gasteiger partial charge in [-0.3, -0.25) is 0 Å². The zero-order chi connectivity index (χ0) is 15.9. The summed E-state index contributed by atoms with van der Waals surface area (Å²) in [6, 6.07) is 8.67. The molecule has 22 heavy (non-hydrogen) atoms. The summed E-state index contributed by atoms with van der Waals surface area (Å²) in [6.07, 6.45) is 0. The molecule has 0 aliphatic rings. The van der Waals surface area contributed by atoms with Crippen LogP contribution >= 0.6 is 23.4 Å². The minimum atomic E-state index is -4.45. The number of thioether (sulfide) groups is 1. The molecule has 0 fully saturated rings. The van der Waals surface area contributed by atoms with Crippen LogP contribution in [0.3, 0.4) is 0 Å². The predicted molar refractivity (Wildman–Crippen MR) is 77.9 cm³/mol. The fourth-order valence-corrected chi connectivity index (χ4v) is 2.62. The van der Waals surface area contributed by atoms with E-state index in [2.05, 4.69) is 15.1 Å². The molecule has 0 amide bonds. The normalized spacial score (nSPS) is 12.0. The second-order valence-corrected chi connectivity index (χ2v) is 5.92. The molecule has 2 heterocycles. The summed E-state index contributed by atoms with van der Waals surface area (Å²) in [5, 5.41) is 4.01. The molecule has 0 saturated heterocycles. The van der Waals surface area contributed by atoms with Crippen LogP contribution in [0.15, 0.2) is 35.5 Å². The molecule has 0 N–H and O–H groups in total. The number of benzene rings is 1. The Hall–Kier alpha value is -1.80. The summed E-state index contributed by atoms with van der Waals surface area (Å²) in [5.74, 6) is 0.113. The number of nitrogens with zero attached hydrogens (tertiary/aromatic N) is 4. The van der Waals surface area contributed by atoms with E-state index in [9.17, 15) is 13.2 Å². The number of aromatic nitrogens is 4. The van der Waals surface area contributed by atoms with Gasteiger partial charge in [-0.1, -0.05) is 23.7 Å². The molecule has 3 rings (SSSR count). The van der Waals surface area contributed by atoms with Gasteiger partial charge in [0.25, 0.3) is 5.78 Å². The lowest BCUT2D eigenvalue weighted by Gasteiger charge is -2.05. The Balaban J connectivity index is 2.17. The largest absolute Gasteiger partial charge is 0.449 e. The Morgan fingerprint density at radius 1 is 1.18 bits per heavy atom. The number of hydrogen-bond donors (Lipinski definition) is 0. The van der Waals surface area contributed by atoms with Crippen LogP contribution in [0.5, 0.6) is 0 Å². The van der Waals surface area contributed by atoms with Gasteiger partial charge in [0.05, 0.1) is 5.69 Å². The summed E-state index contributed by atoms with van der Waals surface area (Å²) in [5.41, 5.74) is -2.53. The van der Waals surface area contributed by atoms with Crippen molar-refractivity contribution in [1.29, 1.82) is 0 Å². The summed E-state index contributed by atoms with van der Waals surface area (Å²) in [7, 11) is 0. The zero-order valence-corrected chi connectivity index (χ0v) is 12.7. The standard InChI is InChI=1S/C13H8ClF3N4S/c1-7-5-10(8-3-2-4-9(14)6-8)21-11(18-7)19-12(20-21)22-13(15,16)17/h2-6H,1H3. The Kier molecular flexibility index (Phi) is 3.73. The fraction of sp³-hybridized carbons (Fsp3) is 0.154. The first kappa shape index (κ1) is 15.1. The third-order valence-corrected chi connectivity index (χ3v) is 3.57. The van der Waals surface area contributed by atoms with Crippen molar-refractivity contribution >= 4 is 29.1 Å². The Morgan fingerprint density at radius 2 is 1.95 bits per heavy atom. The summed E-state index contributed by atoms with van der Waals surface area (Å²) in [4.78, 5) is 7.93. The smallest absolute Gasteiger partial charge is 0.216 e. The summed E-state index contributed by atoms with van der Waals surface area (Å²) < 4.78 is 38.7. The maximum Gasteiger partial charge on any atom is 0.449 e. The van der Waals surface area contributed by atoms with Gasteiger partial charge in [-0.05, 0) is 25.1 Å². The van der Waals surface area contributed by atoms with E-state index in [0.717, 1.165) is 5.56 Å². The van der Waals surface area contributed by atoms with Gasteiger partial charge in [-0.15, -0.1) is 5.10 Å². The molecule has 0 spiro atoms. The first-order valence-electron chi connectivity index (χ1n) is 6.08. The Labute approximate surface area is 132 Å². The second kappa shape index (κ2) is 5.44. The van der Waals surface area contributed by atoms with Gasteiger partial charge in [0, 0.05) is 28.0 Å². The molecule has 2 aromatic heterocycles. The molecule has 1 aromatic carbocycles. The van der Waals surface area contributed by atoms with Crippen molar-refractivity contribution in [3.63, 3.8) is 0 Å². The summed E-state index contributed by atoms with van der Waals surface area (Å²) in [6.45, 7) is 1.74. The highest BCUT2D eigenvalue weighted by Gasteiger charge is 2.32. The lowest BCUT2D eigenvalue weighted by molar-refractivity contribution is -0.0330. The van der Waals surface area contributed by atoms with E-state index in [1.54, 1.807) is 37.3 Å². The van der Waals surface area contributed by atoms with Crippen molar-refractivity contribution in [3.8, 4) is 11.3 Å². The van der Waals surface area contributed by atoms with E-state index in [1.807, 2.05) is 0 Å². The third-order valence-electron chi connectivity index (χ3n) is 2.75. The van der Waals surface area contributed by atoms with Crippen LogP contribution in [0.25, 0.3) is 17.0 Å². The van der Waals surface area contributed by atoms with Crippen LogP contribution < -0.4 is 0 Å². The van der Waals surface area contributed by atoms with Crippen LogP contribution in [0.2, 0.25) is 5.02 Å². The van der Waals surface area contributed by atoms with Crippen molar-refractivity contribution in [1.82, 2.24) is 19.6 Å². The highest BCUT2D eigenvalue weighted by molar-refractivity contribution is 8.00. The first-order chi connectivity index (χ1) is 10.3. The van der Waals surface area contributed by atoms with E-state index >= 15 is 0 Å². The van der Waals surface area contributed by atoms with E-state index in [0.29, 0.717) is 16.4 Å². The number of fused-ring (bicyclic) bond motifs is 1. The Bertz CT molecular complexity index is 847. The Morgan fingerprint density at radius 3 is 2.64 bits per heavy atom. The maximum atomic E-state index is 12.5. The van der Waals surface area contributed by atoms with Crippen LogP contribution in [0.4, 0.5) is 13.2 Å². The van der Waals surface area contributed by atoms with E-state index in [4.69, 9.17) is 11.6 Å². The highest BCUT2D eigenvalue weighted by atomic mass is 35.5. The van der Waals surface area contributed by atoms with E-state index in [1.165, 1.54) is 4.52 Å². The molecule has 0 radical (unpaired) electrons. The number of alkyl halides is 3. The second-order valence-electron chi connectivity index (χ2n) is 4.45. The minimum Gasteiger partial charge on any atom is -0.216 e.